The Balaban J connectivity index is 3.35. The Hall–Kier alpha value is -0.970. The third kappa shape index (κ3) is 2.58. The van der Waals surface area contributed by atoms with Crippen LogP contribution in [0.2, 0.25) is 0 Å². The van der Waals surface area contributed by atoms with E-state index in [9.17, 15) is 13.6 Å². The molecule has 0 spiro atoms. The molecule has 0 saturated carbocycles. The molecule has 0 bridgehead atoms. The van der Waals surface area contributed by atoms with Gasteiger partial charge in [0.2, 0.25) is 5.91 Å². The van der Waals surface area contributed by atoms with E-state index in [1.54, 1.807) is 13.8 Å². The van der Waals surface area contributed by atoms with Crippen molar-refractivity contribution >= 4 is 27.5 Å². The lowest BCUT2D eigenvalue weighted by Crippen LogP contribution is -2.36. The largest absolute Gasteiger partial charge is 0.305 e. The van der Waals surface area contributed by atoms with Crippen molar-refractivity contribution in [2.75, 3.05) is 4.90 Å². The molecule has 0 aliphatic heterocycles. The molecule has 5 heteroatoms. The third-order valence-corrected chi connectivity index (χ3v) is 2.54. The number of rotatable bonds is 2. The molecule has 1 amide bonds. The van der Waals surface area contributed by atoms with E-state index in [2.05, 4.69) is 15.9 Å². The van der Waals surface area contributed by atoms with Crippen LogP contribution in [0.1, 0.15) is 20.8 Å². The van der Waals surface area contributed by atoms with Crippen LogP contribution in [-0.4, -0.2) is 11.9 Å². The SMILES string of the molecule is CC(=O)N(c1c(F)cc(Br)cc1F)C(C)C. The summed E-state index contributed by atoms with van der Waals surface area (Å²) in [6.07, 6.45) is 0. The number of hydrogen-bond acceptors (Lipinski definition) is 1. The van der Waals surface area contributed by atoms with Gasteiger partial charge >= 0.3 is 0 Å². The minimum atomic E-state index is -0.754. The van der Waals surface area contributed by atoms with Gasteiger partial charge in [-0.2, -0.15) is 0 Å². The second-order valence-corrected chi connectivity index (χ2v) is 4.62. The average molecular weight is 292 g/mol. The van der Waals surface area contributed by atoms with Crippen LogP contribution in [0.4, 0.5) is 14.5 Å². The highest BCUT2D eigenvalue weighted by Crippen LogP contribution is 2.28. The number of benzene rings is 1. The first kappa shape index (κ1) is 13.1. The van der Waals surface area contributed by atoms with Gasteiger partial charge in [0.15, 0.2) is 11.6 Å². The summed E-state index contributed by atoms with van der Waals surface area (Å²) in [5, 5.41) is 0. The van der Waals surface area contributed by atoms with E-state index in [0.717, 1.165) is 17.0 Å². The summed E-state index contributed by atoms with van der Waals surface area (Å²) in [4.78, 5) is 12.5. The summed E-state index contributed by atoms with van der Waals surface area (Å²) in [6.45, 7) is 4.67. The minimum absolute atomic E-state index is 0.300. The number of amides is 1. The van der Waals surface area contributed by atoms with Crippen molar-refractivity contribution in [1.82, 2.24) is 0 Å². The summed E-state index contributed by atoms with van der Waals surface area (Å²) in [5.41, 5.74) is -0.300. The maximum absolute atomic E-state index is 13.6. The fourth-order valence-corrected chi connectivity index (χ4v) is 1.95. The Kier molecular flexibility index (Phi) is 4.02. The van der Waals surface area contributed by atoms with Crippen molar-refractivity contribution in [3.63, 3.8) is 0 Å². The molecule has 0 N–H and O–H groups in total. The van der Waals surface area contributed by atoms with Crippen molar-refractivity contribution in [2.24, 2.45) is 0 Å². The van der Waals surface area contributed by atoms with Crippen molar-refractivity contribution in [3.8, 4) is 0 Å². The molecular formula is C11H12BrF2NO. The van der Waals surface area contributed by atoms with Gasteiger partial charge in [0.05, 0.1) is 0 Å². The molecule has 2 nitrogen and oxygen atoms in total. The van der Waals surface area contributed by atoms with Gasteiger partial charge in [-0.25, -0.2) is 8.78 Å². The Morgan fingerprint density at radius 3 is 2.06 bits per heavy atom. The van der Waals surface area contributed by atoms with Gasteiger partial charge in [0.25, 0.3) is 0 Å². The summed E-state index contributed by atoms with van der Waals surface area (Å²) in [5.74, 6) is -1.90. The minimum Gasteiger partial charge on any atom is -0.305 e. The smallest absolute Gasteiger partial charge is 0.224 e. The van der Waals surface area contributed by atoms with Crippen LogP contribution in [-0.2, 0) is 4.79 Å². The van der Waals surface area contributed by atoms with E-state index in [-0.39, 0.29) is 11.7 Å². The Bertz CT molecular complexity index is 397. The molecule has 0 aliphatic carbocycles. The Labute approximate surface area is 101 Å². The van der Waals surface area contributed by atoms with E-state index in [0.29, 0.717) is 4.47 Å². The van der Waals surface area contributed by atoms with E-state index in [1.807, 2.05) is 0 Å². The topological polar surface area (TPSA) is 20.3 Å². The van der Waals surface area contributed by atoms with Gasteiger partial charge in [-0.3, -0.25) is 4.79 Å². The van der Waals surface area contributed by atoms with Crippen molar-refractivity contribution in [2.45, 2.75) is 26.8 Å². The molecule has 16 heavy (non-hydrogen) atoms. The van der Waals surface area contributed by atoms with Crippen LogP contribution in [0.25, 0.3) is 0 Å². The molecule has 0 radical (unpaired) electrons. The van der Waals surface area contributed by atoms with Gasteiger partial charge in [-0.1, -0.05) is 15.9 Å². The maximum atomic E-state index is 13.6. The highest BCUT2D eigenvalue weighted by atomic mass is 79.9. The number of halogens is 3. The van der Waals surface area contributed by atoms with Gasteiger partial charge in [-0.15, -0.1) is 0 Å². The second-order valence-electron chi connectivity index (χ2n) is 3.70. The average Bonchev–Trinajstić information content (AvgIpc) is 2.09. The van der Waals surface area contributed by atoms with Crippen LogP contribution in [0.15, 0.2) is 16.6 Å². The lowest BCUT2D eigenvalue weighted by atomic mass is 10.2. The molecule has 0 saturated heterocycles. The Morgan fingerprint density at radius 2 is 1.75 bits per heavy atom. The number of hydrogen-bond donors (Lipinski definition) is 0. The van der Waals surface area contributed by atoms with Crippen LogP contribution in [0.3, 0.4) is 0 Å². The molecule has 88 valence electrons. The molecule has 1 rings (SSSR count). The van der Waals surface area contributed by atoms with Crippen molar-refractivity contribution in [3.05, 3.63) is 28.2 Å². The van der Waals surface area contributed by atoms with E-state index in [1.165, 1.54) is 6.92 Å². The van der Waals surface area contributed by atoms with Crippen LogP contribution < -0.4 is 4.90 Å². The van der Waals surface area contributed by atoms with E-state index >= 15 is 0 Å². The second kappa shape index (κ2) is 4.91. The van der Waals surface area contributed by atoms with Gasteiger partial charge in [0, 0.05) is 17.4 Å². The van der Waals surface area contributed by atoms with Gasteiger partial charge < -0.3 is 4.90 Å². The van der Waals surface area contributed by atoms with Crippen LogP contribution in [0.5, 0.6) is 0 Å². The van der Waals surface area contributed by atoms with Crippen molar-refractivity contribution in [1.29, 1.82) is 0 Å². The summed E-state index contributed by atoms with van der Waals surface area (Å²) in [7, 11) is 0. The number of anilines is 1. The zero-order chi connectivity index (χ0) is 12.5. The number of carbonyl (C=O) groups excluding carboxylic acids is 1. The zero-order valence-electron chi connectivity index (χ0n) is 9.22. The summed E-state index contributed by atoms with van der Waals surface area (Å²) < 4.78 is 27.5. The first-order valence-electron chi connectivity index (χ1n) is 4.79. The molecule has 0 heterocycles. The molecule has 0 unspecified atom stereocenters. The lowest BCUT2D eigenvalue weighted by molar-refractivity contribution is -0.117. The first-order valence-corrected chi connectivity index (χ1v) is 5.58. The molecular weight excluding hydrogens is 280 g/mol. The summed E-state index contributed by atoms with van der Waals surface area (Å²) >= 11 is 2.99. The Morgan fingerprint density at radius 1 is 1.31 bits per heavy atom. The molecule has 0 aromatic heterocycles. The van der Waals surface area contributed by atoms with Crippen LogP contribution in [0, 0.1) is 11.6 Å². The highest BCUT2D eigenvalue weighted by Gasteiger charge is 2.23. The normalized spacial score (nSPS) is 10.7. The third-order valence-electron chi connectivity index (χ3n) is 2.08. The maximum Gasteiger partial charge on any atom is 0.224 e. The zero-order valence-corrected chi connectivity index (χ0v) is 10.8. The molecule has 1 aromatic carbocycles. The molecule has 0 fully saturated rings. The van der Waals surface area contributed by atoms with E-state index < -0.39 is 17.5 Å². The van der Waals surface area contributed by atoms with E-state index in [4.69, 9.17) is 0 Å². The number of carbonyl (C=O) groups is 1. The molecule has 0 atom stereocenters. The monoisotopic (exact) mass is 291 g/mol. The quantitative estimate of drug-likeness (QED) is 0.817. The fraction of sp³-hybridized carbons (Fsp3) is 0.364. The standard InChI is InChI=1S/C11H12BrF2NO/c1-6(2)15(7(3)16)11-9(13)4-8(12)5-10(11)14/h4-6H,1-3H3. The predicted molar refractivity (Wildman–Crippen MR) is 62.4 cm³/mol. The highest BCUT2D eigenvalue weighted by molar-refractivity contribution is 9.10. The summed E-state index contributed by atoms with van der Waals surface area (Å²) in [6, 6.07) is 1.97. The van der Waals surface area contributed by atoms with Crippen molar-refractivity contribution < 1.29 is 13.6 Å². The van der Waals surface area contributed by atoms with Gasteiger partial charge in [-0.05, 0) is 26.0 Å². The molecule has 0 aliphatic rings. The van der Waals surface area contributed by atoms with Crippen LogP contribution >= 0.6 is 15.9 Å². The fourth-order valence-electron chi connectivity index (χ4n) is 1.54. The lowest BCUT2D eigenvalue weighted by Gasteiger charge is -2.26. The number of nitrogens with zero attached hydrogens (tertiary/aromatic N) is 1. The predicted octanol–water partition coefficient (Wildman–Crippen LogP) is 3.49. The van der Waals surface area contributed by atoms with Gasteiger partial charge in [0.1, 0.15) is 5.69 Å². The first-order chi connectivity index (χ1) is 7.34. The molecule has 1 aromatic rings.